The highest BCUT2D eigenvalue weighted by atomic mass is 16.5. The van der Waals surface area contributed by atoms with E-state index in [1.54, 1.807) is 4.57 Å². The second-order valence-corrected chi connectivity index (χ2v) is 8.28. The summed E-state index contributed by atoms with van der Waals surface area (Å²) in [6.07, 6.45) is 3.70. The standard InChI is InChI=1S/C24H26N4O3.C2H6/c1-15-3-4-19-17(13-15)18(23(29)26-19)14-21-16(2)22-20(25-21)5-6-28(24(22)30)8-7-27-9-11-31-12-10-27;1-2/h3-6,13-14,25H,7-12H2,1-2H3,(H,26,29);1-2H3/b18-14-;. The van der Waals surface area contributed by atoms with E-state index >= 15 is 0 Å². The highest BCUT2D eigenvalue weighted by Crippen LogP contribution is 2.34. The minimum Gasteiger partial charge on any atom is -0.379 e. The first-order valence-corrected chi connectivity index (χ1v) is 11.7. The Bertz CT molecular complexity index is 1260. The zero-order valence-electron chi connectivity index (χ0n) is 19.8. The summed E-state index contributed by atoms with van der Waals surface area (Å²) in [4.78, 5) is 31.4. The summed E-state index contributed by atoms with van der Waals surface area (Å²) in [5, 5.41) is 3.60. The molecule has 0 unspecified atom stereocenters. The molecule has 2 aliphatic rings. The summed E-state index contributed by atoms with van der Waals surface area (Å²) in [5.41, 5.74) is 5.86. The van der Waals surface area contributed by atoms with Crippen molar-refractivity contribution >= 4 is 34.1 Å². The van der Waals surface area contributed by atoms with Crippen molar-refractivity contribution in [3.8, 4) is 0 Å². The number of nitrogens with zero attached hydrogens (tertiary/aromatic N) is 2. The zero-order chi connectivity index (χ0) is 23.5. The third-order valence-electron chi connectivity index (χ3n) is 6.22. The smallest absolute Gasteiger partial charge is 0.260 e. The lowest BCUT2D eigenvalue weighted by atomic mass is 10.0. The Kier molecular flexibility index (Phi) is 6.81. The van der Waals surface area contributed by atoms with E-state index in [0.717, 1.165) is 66.4 Å². The fourth-order valence-electron chi connectivity index (χ4n) is 4.40. The predicted molar refractivity (Wildman–Crippen MR) is 134 cm³/mol. The minimum absolute atomic E-state index is 0.00345. The van der Waals surface area contributed by atoms with Crippen LogP contribution in [0.1, 0.15) is 36.2 Å². The number of H-pyrrole nitrogens is 1. The van der Waals surface area contributed by atoms with E-state index in [1.165, 1.54) is 0 Å². The van der Waals surface area contributed by atoms with E-state index < -0.39 is 0 Å². The molecular weight excluding hydrogens is 416 g/mol. The van der Waals surface area contributed by atoms with Crippen molar-refractivity contribution in [3.05, 3.63) is 63.2 Å². The number of benzene rings is 1. The summed E-state index contributed by atoms with van der Waals surface area (Å²) < 4.78 is 7.17. The zero-order valence-corrected chi connectivity index (χ0v) is 19.8. The Morgan fingerprint density at radius 2 is 1.82 bits per heavy atom. The number of anilines is 1. The topological polar surface area (TPSA) is 79.4 Å². The number of carbonyl (C=O) groups is 1. The summed E-state index contributed by atoms with van der Waals surface area (Å²) in [7, 11) is 0. The normalized spacial score (nSPS) is 17.1. The molecule has 2 N–H and O–H groups in total. The maximum absolute atomic E-state index is 13.2. The van der Waals surface area contributed by atoms with E-state index in [1.807, 2.05) is 64.2 Å². The largest absolute Gasteiger partial charge is 0.379 e. The number of aryl methyl sites for hydroxylation is 2. The van der Waals surface area contributed by atoms with E-state index in [4.69, 9.17) is 4.74 Å². The molecule has 0 saturated carbocycles. The Morgan fingerprint density at radius 3 is 2.58 bits per heavy atom. The highest BCUT2D eigenvalue weighted by Gasteiger charge is 2.25. The molecule has 0 bridgehead atoms. The van der Waals surface area contributed by atoms with Crippen LogP contribution in [-0.2, 0) is 16.1 Å². The van der Waals surface area contributed by atoms with Crippen molar-refractivity contribution in [2.24, 2.45) is 0 Å². The number of nitrogens with one attached hydrogen (secondary N) is 2. The van der Waals surface area contributed by atoms with Gasteiger partial charge in [-0.1, -0.05) is 25.5 Å². The number of carbonyl (C=O) groups excluding carboxylic acids is 1. The van der Waals surface area contributed by atoms with Crippen LogP contribution in [0, 0.1) is 13.8 Å². The number of pyridine rings is 1. The summed E-state index contributed by atoms with van der Waals surface area (Å²) in [6.45, 7) is 12.7. The Balaban J connectivity index is 0.00000126. The Hall–Kier alpha value is -3.16. The van der Waals surface area contributed by atoms with Gasteiger partial charge in [-0.25, -0.2) is 0 Å². The molecule has 3 aromatic rings. The number of fused-ring (bicyclic) bond motifs is 2. The highest BCUT2D eigenvalue weighted by molar-refractivity contribution is 6.35. The second kappa shape index (κ2) is 9.77. The van der Waals surface area contributed by atoms with Crippen LogP contribution in [0.25, 0.3) is 22.6 Å². The molecule has 1 fully saturated rings. The monoisotopic (exact) mass is 448 g/mol. The van der Waals surface area contributed by atoms with E-state index in [9.17, 15) is 9.59 Å². The van der Waals surface area contributed by atoms with Crippen LogP contribution in [0.3, 0.4) is 0 Å². The van der Waals surface area contributed by atoms with Gasteiger partial charge in [0.05, 0.1) is 29.7 Å². The molecule has 1 aromatic carbocycles. The molecule has 0 aliphatic carbocycles. The van der Waals surface area contributed by atoms with Gasteiger partial charge < -0.3 is 19.6 Å². The number of aromatic amines is 1. The van der Waals surface area contributed by atoms with E-state index in [-0.39, 0.29) is 11.5 Å². The first-order valence-electron chi connectivity index (χ1n) is 11.7. The van der Waals surface area contributed by atoms with Crippen molar-refractivity contribution in [3.63, 3.8) is 0 Å². The molecule has 1 saturated heterocycles. The maximum atomic E-state index is 13.2. The Labute approximate surface area is 194 Å². The van der Waals surface area contributed by atoms with Gasteiger partial charge in [-0.05, 0) is 43.7 Å². The first kappa shape index (κ1) is 23.0. The molecule has 7 nitrogen and oxygen atoms in total. The average molecular weight is 449 g/mol. The van der Waals surface area contributed by atoms with Crippen LogP contribution in [0.5, 0.6) is 0 Å². The number of rotatable bonds is 4. The molecule has 0 radical (unpaired) electrons. The first-order chi connectivity index (χ1) is 16.0. The quantitative estimate of drug-likeness (QED) is 0.595. The van der Waals surface area contributed by atoms with Crippen LogP contribution in [0.4, 0.5) is 5.69 Å². The SMILES string of the molecule is CC.Cc1ccc2c(c1)/C(=C/c1[nH]c3ccn(CCN4CCOCC4)c(=O)c3c1C)C(=O)N2. The predicted octanol–water partition coefficient (Wildman–Crippen LogP) is 3.80. The molecule has 2 aliphatic heterocycles. The Morgan fingerprint density at radius 1 is 1.06 bits per heavy atom. The molecule has 2 aromatic heterocycles. The van der Waals surface area contributed by atoms with Gasteiger partial charge >= 0.3 is 0 Å². The van der Waals surface area contributed by atoms with Gasteiger partial charge in [-0.3, -0.25) is 14.5 Å². The van der Waals surface area contributed by atoms with Crippen LogP contribution in [0.15, 0.2) is 35.3 Å². The molecule has 5 rings (SSSR count). The van der Waals surface area contributed by atoms with Gasteiger partial charge in [-0.15, -0.1) is 0 Å². The van der Waals surface area contributed by atoms with E-state index in [2.05, 4.69) is 15.2 Å². The molecular formula is C26H32N4O3. The van der Waals surface area contributed by atoms with Crippen molar-refractivity contribution in [2.75, 3.05) is 38.2 Å². The van der Waals surface area contributed by atoms with Crippen molar-refractivity contribution in [1.82, 2.24) is 14.5 Å². The molecule has 174 valence electrons. The van der Waals surface area contributed by atoms with Gasteiger partial charge in [0.1, 0.15) is 0 Å². The molecule has 33 heavy (non-hydrogen) atoms. The number of ether oxygens (including phenoxy) is 1. The number of morpholine rings is 1. The second-order valence-electron chi connectivity index (χ2n) is 8.28. The summed E-state index contributed by atoms with van der Waals surface area (Å²) in [6, 6.07) is 7.86. The van der Waals surface area contributed by atoms with Crippen LogP contribution >= 0.6 is 0 Å². The van der Waals surface area contributed by atoms with Crippen molar-refractivity contribution < 1.29 is 9.53 Å². The average Bonchev–Trinajstić information content (AvgIpc) is 3.32. The fourth-order valence-corrected chi connectivity index (χ4v) is 4.40. The van der Waals surface area contributed by atoms with Gasteiger partial charge in [0.15, 0.2) is 0 Å². The summed E-state index contributed by atoms with van der Waals surface area (Å²) >= 11 is 0. The molecule has 0 atom stereocenters. The third kappa shape index (κ3) is 4.51. The number of amides is 1. The van der Waals surface area contributed by atoms with Crippen LogP contribution in [0.2, 0.25) is 0 Å². The van der Waals surface area contributed by atoms with Gasteiger partial charge in [-0.2, -0.15) is 0 Å². The van der Waals surface area contributed by atoms with Gasteiger partial charge in [0.2, 0.25) is 0 Å². The molecule has 4 heterocycles. The van der Waals surface area contributed by atoms with Crippen molar-refractivity contribution in [2.45, 2.75) is 34.2 Å². The van der Waals surface area contributed by atoms with Gasteiger partial charge in [0.25, 0.3) is 11.5 Å². The maximum Gasteiger partial charge on any atom is 0.260 e. The number of hydrogen-bond acceptors (Lipinski definition) is 4. The third-order valence-corrected chi connectivity index (χ3v) is 6.22. The minimum atomic E-state index is -0.124. The van der Waals surface area contributed by atoms with Crippen LogP contribution < -0.4 is 10.9 Å². The number of aromatic nitrogens is 2. The molecule has 0 spiro atoms. The van der Waals surface area contributed by atoms with E-state index in [0.29, 0.717) is 17.5 Å². The lowest BCUT2D eigenvalue weighted by Crippen LogP contribution is -2.39. The molecule has 7 heteroatoms. The lowest BCUT2D eigenvalue weighted by Gasteiger charge is -2.26. The summed E-state index contributed by atoms with van der Waals surface area (Å²) in [5.74, 6) is -0.124. The van der Waals surface area contributed by atoms with Gasteiger partial charge in [0, 0.05) is 49.3 Å². The number of hydrogen-bond donors (Lipinski definition) is 2. The molecule has 1 amide bonds. The van der Waals surface area contributed by atoms with Crippen LogP contribution in [-0.4, -0.2) is 53.2 Å². The lowest BCUT2D eigenvalue weighted by molar-refractivity contribution is -0.110. The fraction of sp³-hybridized carbons (Fsp3) is 0.385. The van der Waals surface area contributed by atoms with Crippen molar-refractivity contribution in [1.29, 1.82) is 0 Å².